The Kier molecular flexibility index (Phi) is 4.35. The third-order valence-corrected chi connectivity index (χ3v) is 3.62. The molecule has 0 saturated carbocycles. The lowest BCUT2D eigenvalue weighted by atomic mass is 10.0. The zero-order chi connectivity index (χ0) is 14.7. The number of hydrogen-bond donors (Lipinski definition) is 2. The fourth-order valence-corrected chi connectivity index (χ4v) is 2.05. The zero-order valence-corrected chi connectivity index (χ0v) is 11.6. The molecule has 0 radical (unpaired) electrons. The molecule has 0 aromatic heterocycles. The van der Waals surface area contributed by atoms with Gasteiger partial charge >= 0.3 is 0 Å². The van der Waals surface area contributed by atoms with E-state index in [1.54, 1.807) is 24.3 Å². The third kappa shape index (κ3) is 2.80. The molecule has 0 saturated heterocycles. The normalized spacial score (nSPS) is 14.0. The molecule has 0 heterocycles. The number of fused-ring (bicyclic) bond motifs is 1. The molecule has 0 bridgehead atoms. The van der Waals surface area contributed by atoms with E-state index in [1.165, 1.54) is 12.1 Å². The smallest absolute Gasteiger partial charge is 0.252 e. The number of amides is 1. The highest BCUT2D eigenvalue weighted by Crippen LogP contribution is 2.22. The van der Waals surface area contributed by atoms with Crippen LogP contribution in [0.4, 0.5) is 4.39 Å². The summed E-state index contributed by atoms with van der Waals surface area (Å²) in [5.74, 6) is -0.631. The minimum absolute atomic E-state index is 0.00557. The molecule has 3 nitrogen and oxygen atoms in total. The Morgan fingerprint density at radius 2 is 1.85 bits per heavy atom. The van der Waals surface area contributed by atoms with Crippen molar-refractivity contribution in [3.05, 3.63) is 47.8 Å². The van der Waals surface area contributed by atoms with Gasteiger partial charge in [-0.25, -0.2) is 4.39 Å². The summed E-state index contributed by atoms with van der Waals surface area (Å²) in [5, 5.41) is 13.0. The summed E-state index contributed by atoms with van der Waals surface area (Å²) in [6.07, 6.45) is 0. The molecule has 106 valence electrons. The maximum atomic E-state index is 13.7. The van der Waals surface area contributed by atoms with Crippen LogP contribution in [-0.2, 0) is 0 Å². The molecule has 4 heteroatoms. The molecule has 0 aliphatic carbocycles. The molecule has 20 heavy (non-hydrogen) atoms. The maximum absolute atomic E-state index is 13.7. The lowest BCUT2D eigenvalue weighted by Crippen LogP contribution is -2.38. The Bertz CT molecular complexity index is 627. The molecule has 2 aromatic carbocycles. The van der Waals surface area contributed by atoms with E-state index in [0.29, 0.717) is 16.3 Å². The van der Waals surface area contributed by atoms with Gasteiger partial charge in [0.25, 0.3) is 5.91 Å². The monoisotopic (exact) mass is 275 g/mol. The Morgan fingerprint density at radius 3 is 2.50 bits per heavy atom. The number of aliphatic hydroxyl groups excluding tert-OH is 1. The summed E-state index contributed by atoms with van der Waals surface area (Å²) < 4.78 is 13.7. The van der Waals surface area contributed by atoms with Gasteiger partial charge in [0.15, 0.2) is 0 Å². The van der Waals surface area contributed by atoms with E-state index in [9.17, 15) is 9.18 Å². The highest BCUT2D eigenvalue weighted by Gasteiger charge is 2.17. The highest BCUT2D eigenvalue weighted by atomic mass is 19.1. The number of aliphatic hydroxyl groups is 1. The first-order valence-corrected chi connectivity index (χ1v) is 6.63. The molecule has 2 aromatic rings. The molecule has 2 N–H and O–H groups in total. The van der Waals surface area contributed by atoms with Crippen LogP contribution in [0.15, 0.2) is 36.4 Å². The Morgan fingerprint density at radius 1 is 1.20 bits per heavy atom. The molecule has 0 fully saturated rings. The van der Waals surface area contributed by atoms with Gasteiger partial charge in [-0.1, -0.05) is 31.2 Å². The lowest BCUT2D eigenvalue weighted by Gasteiger charge is -2.19. The summed E-state index contributed by atoms with van der Waals surface area (Å²) in [7, 11) is 0. The molecule has 2 rings (SSSR count). The van der Waals surface area contributed by atoms with Crippen LogP contribution in [0, 0.1) is 11.7 Å². The van der Waals surface area contributed by atoms with Crippen molar-refractivity contribution in [1.82, 2.24) is 5.32 Å². The molecule has 0 aliphatic heterocycles. The molecule has 0 spiro atoms. The second-order valence-corrected chi connectivity index (χ2v) is 5.06. The lowest BCUT2D eigenvalue weighted by molar-refractivity contribution is 0.0918. The van der Waals surface area contributed by atoms with Crippen molar-refractivity contribution >= 4 is 16.7 Å². The molecule has 0 aliphatic rings. The maximum Gasteiger partial charge on any atom is 0.252 e. The van der Waals surface area contributed by atoms with Crippen LogP contribution in [0.25, 0.3) is 10.8 Å². The van der Waals surface area contributed by atoms with E-state index in [0.717, 1.165) is 0 Å². The quantitative estimate of drug-likeness (QED) is 0.901. The molecule has 2 atom stereocenters. The standard InChI is InChI=1S/C16H18FNO2/c1-10(9-19)11(2)18-16(20)14-7-8-15(17)13-6-4-3-5-12(13)14/h3-8,10-11,19H,9H2,1-2H3,(H,18,20). The van der Waals surface area contributed by atoms with Gasteiger partial charge in [0.1, 0.15) is 5.82 Å². The highest BCUT2D eigenvalue weighted by molar-refractivity contribution is 6.07. The van der Waals surface area contributed by atoms with Crippen LogP contribution in [0.5, 0.6) is 0 Å². The van der Waals surface area contributed by atoms with E-state index >= 15 is 0 Å². The SMILES string of the molecule is CC(CO)C(C)NC(=O)c1ccc(F)c2ccccc12. The minimum Gasteiger partial charge on any atom is -0.396 e. The van der Waals surface area contributed by atoms with Gasteiger partial charge in [-0.3, -0.25) is 4.79 Å². The van der Waals surface area contributed by atoms with E-state index in [1.807, 2.05) is 13.8 Å². The van der Waals surface area contributed by atoms with Crippen LogP contribution in [0.1, 0.15) is 24.2 Å². The van der Waals surface area contributed by atoms with Crippen molar-refractivity contribution in [2.75, 3.05) is 6.61 Å². The van der Waals surface area contributed by atoms with Crippen molar-refractivity contribution in [1.29, 1.82) is 0 Å². The number of hydrogen-bond acceptors (Lipinski definition) is 2. The van der Waals surface area contributed by atoms with Gasteiger partial charge in [0.05, 0.1) is 0 Å². The van der Waals surface area contributed by atoms with E-state index in [4.69, 9.17) is 5.11 Å². The first-order valence-electron chi connectivity index (χ1n) is 6.63. The molecular formula is C16H18FNO2. The van der Waals surface area contributed by atoms with Gasteiger partial charge in [-0.2, -0.15) is 0 Å². The van der Waals surface area contributed by atoms with Gasteiger partial charge in [0.2, 0.25) is 0 Å². The number of rotatable bonds is 4. The average Bonchev–Trinajstić information content (AvgIpc) is 2.46. The van der Waals surface area contributed by atoms with Crippen LogP contribution < -0.4 is 5.32 Å². The topological polar surface area (TPSA) is 49.3 Å². The first-order chi connectivity index (χ1) is 9.54. The number of carbonyl (C=O) groups is 1. The summed E-state index contributed by atoms with van der Waals surface area (Å²) >= 11 is 0. The predicted octanol–water partition coefficient (Wildman–Crippen LogP) is 2.73. The third-order valence-electron chi connectivity index (χ3n) is 3.62. The second-order valence-electron chi connectivity index (χ2n) is 5.06. The van der Waals surface area contributed by atoms with Crippen molar-refractivity contribution in [2.24, 2.45) is 5.92 Å². The Balaban J connectivity index is 2.34. The Hall–Kier alpha value is -1.94. The summed E-state index contributed by atoms with van der Waals surface area (Å²) in [4.78, 5) is 12.3. The van der Waals surface area contributed by atoms with Crippen molar-refractivity contribution in [3.63, 3.8) is 0 Å². The van der Waals surface area contributed by atoms with Crippen molar-refractivity contribution < 1.29 is 14.3 Å². The largest absolute Gasteiger partial charge is 0.396 e. The van der Waals surface area contributed by atoms with Crippen LogP contribution in [0.2, 0.25) is 0 Å². The molecular weight excluding hydrogens is 257 g/mol. The average molecular weight is 275 g/mol. The van der Waals surface area contributed by atoms with E-state index in [2.05, 4.69) is 5.32 Å². The second kappa shape index (κ2) is 6.01. The van der Waals surface area contributed by atoms with Crippen molar-refractivity contribution in [3.8, 4) is 0 Å². The number of carbonyl (C=O) groups excluding carboxylic acids is 1. The molecule has 2 unspecified atom stereocenters. The van der Waals surface area contributed by atoms with E-state index < -0.39 is 0 Å². The number of halogens is 1. The zero-order valence-electron chi connectivity index (χ0n) is 11.6. The van der Waals surface area contributed by atoms with Gasteiger partial charge < -0.3 is 10.4 Å². The van der Waals surface area contributed by atoms with Crippen molar-refractivity contribution in [2.45, 2.75) is 19.9 Å². The summed E-state index contributed by atoms with van der Waals surface area (Å²) in [6.45, 7) is 3.70. The van der Waals surface area contributed by atoms with Crippen LogP contribution >= 0.6 is 0 Å². The molecule has 1 amide bonds. The first kappa shape index (κ1) is 14.5. The number of benzene rings is 2. The summed E-state index contributed by atoms with van der Waals surface area (Å²) in [6, 6.07) is 9.54. The van der Waals surface area contributed by atoms with Gasteiger partial charge in [0, 0.05) is 23.6 Å². The predicted molar refractivity (Wildman–Crippen MR) is 77.1 cm³/mol. The van der Waals surface area contributed by atoms with Gasteiger partial charge in [-0.05, 0) is 30.4 Å². The fourth-order valence-electron chi connectivity index (χ4n) is 2.05. The summed E-state index contributed by atoms with van der Waals surface area (Å²) in [5.41, 5.74) is 0.444. The van der Waals surface area contributed by atoms with Gasteiger partial charge in [-0.15, -0.1) is 0 Å². The van der Waals surface area contributed by atoms with E-state index in [-0.39, 0.29) is 30.3 Å². The number of nitrogens with one attached hydrogen (secondary N) is 1. The fraction of sp³-hybridized carbons (Fsp3) is 0.312. The Labute approximate surface area is 117 Å². The van der Waals surface area contributed by atoms with Crippen LogP contribution in [-0.4, -0.2) is 23.7 Å². The van der Waals surface area contributed by atoms with Crippen LogP contribution in [0.3, 0.4) is 0 Å². The minimum atomic E-state index is -0.339.